The number of amides is 2. The van der Waals surface area contributed by atoms with E-state index in [2.05, 4.69) is 5.32 Å². The molecular formula is C19H21F3N2O2S. The van der Waals surface area contributed by atoms with Crippen molar-refractivity contribution >= 4 is 28.8 Å². The fourth-order valence-corrected chi connectivity index (χ4v) is 3.74. The van der Waals surface area contributed by atoms with E-state index in [4.69, 9.17) is 0 Å². The number of para-hydroxylation sites is 1. The van der Waals surface area contributed by atoms with Crippen LogP contribution in [0, 0.1) is 6.92 Å². The maximum absolute atomic E-state index is 13.0. The first-order valence-corrected chi connectivity index (χ1v) is 9.33. The number of likely N-dealkylation sites (N-methyl/N-ethyl adjacent to an activating group) is 1. The van der Waals surface area contributed by atoms with E-state index in [1.54, 1.807) is 13.0 Å². The minimum absolute atomic E-state index is 0.269. The molecule has 0 spiro atoms. The van der Waals surface area contributed by atoms with E-state index in [1.807, 2.05) is 13.8 Å². The van der Waals surface area contributed by atoms with Gasteiger partial charge in [-0.25, -0.2) is 0 Å². The van der Waals surface area contributed by atoms with Crippen molar-refractivity contribution in [3.63, 3.8) is 0 Å². The molecule has 8 heteroatoms. The Labute approximate surface area is 160 Å². The second-order valence-corrected chi connectivity index (χ2v) is 7.12. The van der Waals surface area contributed by atoms with E-state index in [9.17, 15) is 22.8 Å². The number of rotatable bonds is 6. The highest BCUT2D eigenvalue weighted by Gasteiger charge is 2.33. The van der Waals surface area contributed by atoms with E-state index in [1.165, 1.54) is 34.4 Å². The number of aryl methyl sites for hydroxylation is 2. The van der Waals surface area contributed by atoms with Gasteiger partial charge in [0.15, 0.2) is 0 Å². The van der Waals surface area contributed by atoms with Gasteiger partial charge in [-0.05, 0) is 44.0 Å². The fourth-order valence-electron chi connectivity index (χ4n) is 2.66. The summed E-state index contributed by atoms with van der Waals surface area (Å²) in [5.41, 5.74) is -0.224. The number of alkyl halides is 3. The zero-order valence-electron chi connectivity index (χ0n) is 15.3. The molecule has 2 amide bonds. The second-order valence-electron chi connectivity index (χ2n) is 5.98. The Morgan fingerprint density at radius 2 is 1.85 bits per heavy atom. The molecule has 0 aliphatic carbocycles. The summed E-state index contributed by atoms with van der Waals surface area (Å²) in [7, 11) is 0. The van der Waals surface area contributed by atoms with Gasteiger partial charge in [-0.15, -0.1) is 11.3 Å². The predicted molar refractivity (Wildman–Crippen MR) is 100 cm³/mol. The highest BCUT2D eigenvalue weighted by molar-refractivity contribution is 7.14. The summed E-state index contributed by atoms with van der Waals surface area (Å²) in [6.07, 6.45) is -3.76. The van der Waals surface area contributed by atoms with Gasteiger partial charge in [0, 0.05) is 11.4 Å². The van der Waals surface area contributed by atoms with E-state index in [0.29, 0.717) is 4.88 Å². The summed E-state index contributed by atoms with van der Waals surface area (Å²) in [6, 6.07) is 6.54. The number of halogens is 3. The minimum atomic E-state index is -4.57. The Morgan fingerprint density at radius 1 is 1.19 bits per heavy atom. The van der Waals surface area contributed by atoms with Crippen LogP contribution in [0.1, 0.15) is 39.5 Å². The lowest BCUT2D eigenvalue weighted by Gasteiger charge is -2.20. The maximum Gasteiger partial charge on any atom is 0.418 e. The van der Waals surface area contributed by atoms with E-state index in [0.717, 1.165) is 22.9 Å². The predicted octanol–water partition coefficient (Wildman–Crippen LogP) is 4.74. The van der Waals surface area contributed by atoms with Crippen molar-refractivity contribution < 1.29 is 22.8 Å². The Kier molecular flexibility index (Phi) is 6.64. The Bertz CT molecular complexity index is 831. The summed E-state index contributed by atoms with van der Waals surface area (Å²) in [4.78, 5) is 27.8. The molecule has 0 bridgehead atoms. The van der Waals surface area contributed by atoms with Gasteiger partial charge in [0.25, 0.3) is 5.91 Å². The van der Waals surface area contributed by atoms with Crippen molar-refractivity contribution in [3.8, 4) is 0 Å². The fraction of sp³-hybridized carbons (Fsp3) is 0.368. The molecule has 0 atom stereocenters. The van der Waals surface area contributed by atoms with E-state index < -0.39 is 17.6 Å². The number of hydrogen-bond acceptors (Lipinski definition) is 3. The van der Waals surface area contributed by atoms with Crippen molar-refractivity contribution in [1.82, 2.24) is 4.90 Å². The number of carbonyl (C=O) groups is 2. The molecule has 1 aromatic heterocycles. The minimum Gasteiger partial charge on any atom is -0.329 e. The summed E-state index contributed by atoms with van der Waals surface area (Å²) in [6.45, 7) is 5.58. The Hall–Kier alpha value is -2.35. The first-order valence-electron chi connectivity index (χ1n) is 8.52. The lowest BCUT2D eigenvalue weighted by molar-refractivity contribution is -0.137. The zero-order valence-corrected chi connectivity index (χ0v) is 16.1. The monoisotopic (exact) mass is 398 g/mol. The molecule has 0 radical (unpaired) electrons. The first kappa shape index (κ1) is 21.0. The van der Waals surface area contributed by atoms with Gasteiger partial charge in [-0.1, -0.05) is 19.1 Å². The molecule has 146 valence electrons. The summed E-state index contributed by atoms with van der Waals surface area (Å²) >= 11 is 1.38. The van der Waals surface area contributed by atoms with Crippen molar-refractivity contribution in [3.05, 3.63) is 51.2 Å². The Balaban J connectivity index is 2.12. The number of benzene rings is 1. The SMILES string of the molecule is CCc1sc(C(=O)N(CC)CC(=O)Nc2ccccc2C(F)(F)F)cc1C. The van der Waals surface area contributed by atoms with Crippen LogP contribution in [0.15, 0.2) is 30.3 Å². The van der Waals surface area contributed by atoms with Gasteiger partial charge in [0.05, 0.1) is 16.1 Å². The molecule has 1 N–H and O–H groups in total. The average Bonchev–Trinajstić information content (AvgIpc) is 2.99. The highest BCUT2D eigenvalue weighted by atomic mass is 32.1. The molecule has 0 aliphatic heterocycles. The molecular weight excluding hydrogens is 377 g/mol. The van der Waals surface area contributed by atoms with Crippen LogP contribution in [0.3, 0.4) is 0 Å². The summed E-state index contributed by atoms with van der Waals surface area (Å²) in [5, 5.41) is 2.27. The third-order valence-corrected chi connectivity index (χ3v) is 5.43. The molecule has 0 aliphatic rings. The largest absolute Gasteiger partial charge is 0.418 e. The smallest absolute Gasteiger partial charge is 0.329 e. The lowest BCUT2D eigenvalue weighted by Crippen LogP contribution is -2.37. The Morgan fingerprint density at radius 3 is 2.41 bits per heavy atom. The van der Waals surface area contributed by atoms with E-state index >= 15 is 0 Å². The quantitative estimate of drug-likeness (QED) is 0.764. The van der Waals surface area contributed by atoms with Crippen molar-refractivity contribution in [2.24, 2.45) is 0 Å². The molecule has 4 nitrogen and oxygen atoms in total. The molecule has 2 aromatic rings. The van der Waals surface area contributed by atoms with Gasteiger partial charge < -0.3 is 10.2 Å². The zero-order chi connectivity index (χ0) is 20.2. The topological polar surface area (TPSA) is 49.4 Å². The number of thiophene rings is 1. The van der Waals surface area contributed by atoms with Crippen LogP contribution >= 0.6 is 11.3 Å². The molecule has 0 saturated carbocycles. The molecule has 0 fully saturated rings. The van der Waals surface area contributed by atoms with Crippen LogP contribution in [0.2, 0.25) is 0 Å². The van der Waals surface area contributed by atoms with E-state index in [-0.39, 0.29) is 24.7 Å². The third-order valence-electron chi connectivity index (χ3n) is 4.06. The maximum atomic E-state index is 13.0. The molecule has 27 heavy (non-hydrogen) atoms. The molecule has 2 rings (SSSR count). The molecule has 0 saturated heterocycles. The molecule has 1 aromatic carbocycles. The molecule has 0 unspecified atom stereocenters. The average molecular weight is 398 g/mol. The van der Waals surface area contributed by atoms with Crippen molar-refractivity contribution in [2.75, 3.05) is 18.4 Å². The van der Waals surface area contributed by atoms with Gasteiger partial charge in [0.1, 0.15) is 6.54 Å². The number of nitrogens with one attached hydrogen (secondary N) is 1. The standard InChI is InChI=1S/C19H21F3N2O2S/c1-4-15-12(3)10-16(27-15)18(26)24(5-2)11-17(25)23-14-9-7-6-8-13(14)19(20,21)22/h6-10H,4-5,11H2,1-3H3,(H,23,25). The van der Waals surface area contributed by atoms with Crippen LogP contribution in [-0.4, -0.2) is 29.8 Å². The number of nitrogens with zero attached hydrogens (tertiary/aromatic N) is 1. The van der Waals surface area contributed by atoms with Crippen LogP contribution in [-0.2, 0) is 17.4 Å². The van der Waals surface area contributed by atoms with Crippen LogP contribution < -0.4 is 5.32 Å². The second kappa shape index (κ2) is 8.56. The first-order chi connectivity index (χ1) is 12.7. The van der Waals surface area contributed by atoms with Crippen LogP contribution in [0.4, 0.5) is 18.9 Å². The lowest BCUT2D eigenvalue weighted by atomic mass is 10.1. The normalized spacial score (nSPS) is 11.3. The van der Waals surface area contributed by atoms with Crippen LogP contribution in [0.5, 0.6) is 0 Å². The van der Waals surface area contributed by atoms with Gasteiger partial charge >= 0.3 is 6.18 Å². The highest BCUT2D eigenvalue weighted by Crippen LogP contribution is 2.34. The number of hydrogen-bond donors (Lipinski definition) is 1. The van der Waals surface area contributed by atoms with Gasteiger partial charge in [0.2, 0.25) is 5.91 Å². The molecule has 1 heterocycles. The number of anilines is 1. The van der Waals surface area contributed by atoms with Gasteiger partial charge in [-0.3, -0.25) is 9.59 Å². The number of carbonyl (C=O) groups excluding carboxylic acids is 2. The van der Waals surface area contributed by atoms with Crippen molar-refractivity contribution in [2.45, 2.75) is 33.4 Å². The van der Waals surface area contributed by atoms with Crippen LogP contribution in [0.25, 0.3) is 0 Å². The summed E-state index contributed by atoms with van der Waals surface area (Å²) in [5.74, 6) is -0.976. The third kappa shape index (κ3) is 5.09. The van der Waals surface area contributed by atoms with Gasteiger partial charge in [-0.2, -0.15) is 13.2 Å². The summed E-state index contributed by atoms with van der Waals surface area (Å²) < 4.78 is 39.1. The van der Waals surface area contributed by atoms with Crippen molar-refractivity contribution in [1.29, 1.82) is 0 Å².